The summed E-state index contributed by atoms with van der Waals surface area (Å²) in [6.07, 6.45) is 3.22. The zero-order valence-corrected chi connectivity index (χ0v) is 8.93. The number of rotatable bonds is 4. The molecule has 10 heavy (non-hydrogen) atoms. The van der Waals surface area contributed by atoms with Gasteiger partial charge in [-0.2, -0.15) is 0 Å². The standard InChI is InChI=1S/C8H14BrCl/c1-3-7(5-6-10)8(9)4-2/h3-6H2,1-2H3. The topological polar surface area (TPSA) is 0 Å². The van der Waals surface area contributed by atoms with E-state index >= 15 is 0 Å². The Morgan fingerprint density at radius 1 is 1.30 bits per heavy atom. The molecule has 0 rings (SSSR count). The Morgan fingerprint density at radius 3 is 2.20 bits per heavy atom. The lowest BCUT2D eigenvalue weighted by Crippen LogP contribution is -1.85. The largest absolute Gasteiger partial charge is 0.126 e. The van der Waals surface area contributed by atoms with Crippen LogP contribution in [0.5, 0.6) is 0 Å². The molecule has 0 amide bonds. The fourth-order valence-corrected chi connectivity index (χ4v) is 1.58. The zero-order chi connectivity index (χ0) is 7.98. The first-order chi connectivity index (χ1) is 4.76. The van der Waals surface area contributed by atoms with Gasteiger partial charge in [0.1, 0.15) is 0 Å². The van der Waals surface area contributed by atoms with E-state index in [0.29, 0.717) is 0 Å². The van der Waals surface area contributed by atoms with Gasteiger partial charge in [0.05, 0.1) is 0 Å². The molecule has 60 valence electrons. The van der Waals surface area contributed by atoms with Crippen LogP contribution in [0.25, 0.3) is 0 Å². The maximum atomic E-state index is 5.62. The van der Waals surface area contributed by atoms with Crippen molar-refractivity contribution in [1.29, 1.82) is 0 Å². The number of halogens is 2. The van der Waals surface area contributed by atoms with Crippen LogP contribution in [0, 0.1) is 0 Å². The van der Waals surface area contributed by atoms with E-state index < -0.39 is 0 Å². The van der Waals surface area contributed by atoms with Gasteiger partial charge in [-0.1, -0.05) is 35.4 Å². The molecule has 0 bridgehead atoms. The SMILES string of the molecule is CCC(Br)=C(CC)CCCl. The van der Waals surface area contributed by atoms with Gasteiger partial charge in [0, 0.05) is 5.88 Å². The van der Waals surface area contributed by atoms with Gasteiger partial charge in [-0.15, -0.1) is 11.6 Å². The van der Waals surface area contributed by atoms with Crippen LogP contribution >= 0.6 is 27.5 Å². The molecule has 0 radical (unpaired) electrons. The number of hydrogen-bond donors (Lipinski definition) is 0. The molecule has 0 aromatic heterocycles. The minimum Gasteiger partial charge on any atom is -0.126 e. The van der Waals surface area contributed by atoms with E-state index in [1.165, 1.54) is 10.1 Å². The summed E-state index contributed by atoms with van der Waals surface area (Å²) in [7, 11) is 0. The van der Waals surface area contributed by atoms with Gasteiger partial charge in [0.15, 0.2) is 0 Å². The first kappa shape index (κ1) is 10.5. The van der Waals surface area contributed by atoms with Crippen LogP contribution in [-0.4, -0.2) is 5.88 Å². The van der Waals surface area contributed by atoms with Gasteiger partial charge in [-0.05, 0) is 23.7 Å². The average molecular weight is 226 g/mol. The molecule has 0 aliphatic rings. The number of alkyl halides is 1. The fraction of sp³-hybridized carbons (Fsp3) is 0.750. The molecule has 0 heterocycles. The van der Waals surface area contributed by atoms with Crippen LogP contribution in [-0.2, 0) is 0 Å². The third-order valence-electron chi connectivity index (χ3n) is 1.52. The van der Waals surface area contributed by atoms with Gasteiger partial charge in [-0.25, -0.2) is 0 Å². The summed E-state index contributed by atoms with van der Waals surface area (Å²) in [5.41, 5.74) is 1.46. The molecule has 0 atom stereocenters. The van der Waals surface area contributed by atoms with E-state index in [2.05, 4.69) is 29.8 Å². The molecular formula is C8H14BrCl. The van der Waals surface area contributed by atoms with Gasteiger partial charge >= 0.3 is 0 Å². The lowest BCUT2D eigenvalue weighted by molar-refractivity contribution is 0.953. The van der Waals surface area contributed by atoms with Crippen LogP contribution in [0.4, 0.5) is 0 Å². The second-order valence-electron chi connectivity index (χ2n) is 2.15. The Morgan fingerprint density at radius 2 is 1.90 bits per heavy atom. The minimum absolute atomic E-state index is 0.734. The molecule has 0 aromatic carbocycles. The van der Waals surface area contributed by atoms with E-state index in [0.717, 1.165) is 25.1 Å². The van der Waals surface area contributed by atoms with Gasteiger partial charge in [0.2, 0.25) is 0 Å². The Bertz CT molecular complexity index is 118. The predicted octanol–water partition coefficient (Wildman–Crippen LogP) is 4.08. The highest BCUT2D eigenvalue weighted by Crippen LogP contribution is 2.21. The van der Waals surface area contributed by atoms with Crippen molar-refractivity contribution in [2.45, 2.75) is 33.1 Å². The van der Waals surface area contributed by atoms with Gasteiger partial charge in [0.25, 0.3) is 0 Å². The maximum Gasteiger partial charge on any atom is 0.0261 e. The Kier molecular flexibility index (Phi) is 6.55. The zero-order valence-electron chi connectivity index (χ0n) is 6.58. The molecule has 0 saturated carbocycles. The predicted molar refractivity (Wildman–Crippen MR) is 51.9 cm³/mol. The molecule has 2 heteroatoms. The summed E-state index contributed by atoms with van der Waals surface area (Å²) >= 11 is 9.15. The second-order valence-corrected chi connectivity index (χ2v) is 3.49. The minimum atomic E-state index is 0.734. The monoisotopic (exact) mass is 224 g/mol. The molecule has 0 spiro atoms. The van der Waals surface area contributed by atoms with E-state index in [1.54, 1.807) is 0 Å². The first-order valence-corrected chi connectivity index (χ1v) is 5.01. The highest BCUT2D eigenvalue weighted by molar-refractivity contribution is 9.11. The molecule has 0 nitrogen and oxygen atoms in total. The Hall–Kier alpha value is 0.510. The lowest BCUT2D eigenvalue weighted by Gasteiger charge is -2.04. The lowest BCUT2D eigenvalue weighted by atomic mass is 10.1. The van der Waals surface area contributed by atoms with E-state index in [4.69, 9.17) is 11.6 Å². The third kappa shape index (κ3) is 3.62. The van der Waals surface area contributed by atoms with Crippen LogP contribution in [0.3, 0.4) is 0 Å². The first-order valence-electron chi connectivity index (χ1n) is 3.68. The summed E-state index contributed by atoms with van der Waals surface area (Å²) in [5, 5.41) is 0. The van der Waals surface area contributed by atoms with Crippen LogP contribution in [0.1, 0.15) is 33.1 Å². The van der Waals surface area contributed by atoms with E-state index in [-0.39, 0.29) is 0 Å². The maximum absolute atomic E-state index is 5.62. The smallest absolute Gasteiger partial charge is 0.0261 e. The van der Waals surface area contributed by atoms with E-state index in [1.807, 2.05) is 0 Å². The van der Waals surface area contributed by atoms with Crippen LogP contribution in [0.15, 0.2) is 10.1 Å². The van der Waals surface area contributed by atoms with Gasteiger partial charge in [-0.3, -0.25) is 0 Å². The Labute approximate surface area is 76.8 Å². The van der Waals surface area contributed by atoms with Crippen molar-refractivity contribution < 1.29 is 0 Å². The summed E-state index contributed by atoms with van der Waals surface area (Å²) in [6, 6.07) is 0. The van der Waals surface area contributed by atoms with Crippen molar-refractivity contribution in [3.05, 3.63) is 10.1 Å². The second kappa shape index (κ2) is 6.23. The van der Waals surface area contributed by atoms with Crippen LogP contribution in [0.2, 0.25) is 0 Å². The Balaban J connectivity index is 4.00. The average Bonchev–Trinajstić information content (AvgIpc) is 1.99. The quantitative estimate of drug-likeness (QED) is 0.633. The highest BCUT2D eigenvalue weighted by atomic mass is 79.9. The number of allylic oxidation sites excluding steroid dienone is 2. The molecule has 0 saturated heterocycles. The molecule has 0 unspecified atom stereocenters. The molecular weight excluding hydrogens is 211 g/mol. The molecule has 0 N–H and O–H groups in total. The fourth-order valence-electron chi connectivity index (χ4n) is 0.868. The van der Waals surface area contributed by atoms with Crippen molar-refractivity contribution in [1.82, 2.24) is 0 Å². The van der Waals surface area contributed by atoms with Gasteiger partial charge < -0.3 is 0 Å². The van der Waals surface area contributed by atoms with Crippen LogP contribution < -0.4 is 0 Å². The summed E-state index contributed by atoms with van der Waals surface area (Å²) < 4.78 is 1.33. The van der Waals surface area contributed by atoms with Crippen molar-refractivity contribution in [3.63, 3.8) is 0 Å². The van der Waals surface area contributed by atoms with Crippen molar-refractivity contribution >= 4 is 27.5 Å². The highest BCUT2D eigenvalue weighted by Gasteiger charge is 1.98. The number of hydrogen-bond acceptors (Lipinski definition) is 0. The summed E-state index contributed by atoms with van der Waals surface area (Å²) in [6.45, 7) is 4.31. The molecule has 0 aromatic rings. The van der Waals surface area contributed by atoms with Crippen molar-refractivity contribution in [3.8, 4) is 0 Å². The third-order valence-corrected chi connectivity index (χ3v) is 2.83. The summed E-state index contributed by atoms with van der Waals surface area (Å²) in [5.74, 6) is 0.734. The van der Waals surface area contributed by atoms with Crippen molar-refractivity contribution in [2.75, 3.05) is 5.88 Å². The van der Waals surface area contributed by atoms with Crippen molar-refractivity contribution in [2.24, 2.45) is 0 Å². The molecule has 0 fully saturated rings. The molecule has 0 aliphatic heterocycles. The molecule has 0 aliphatic carbocycles. The van der Waals surface area contributed by atoms with E-state index in [9.17, 15) is 0 Å². The normalized spacial score (nSPS) is 13.2. The summed E-state index contributed by atoms with van der Waals surface area (Å²) in [4.78, 5) is 0.